The number of hydrogen-bond donors (Lipinski definition) is 0. The summed E-state index contributed by atoms with van der Waals surface area (Å²) in [5.74, 6) is 0.229. The topological polar surface area (TPSA) is 34.4 Å². The van der Waals surface area contributed by atoms with Crippen molar-refractivity contribution in [2.45, 2.75) is 26.2 Å². The van der Waals surface area contributed by atoms with Crippen molar-refractivity contribution in [1.29, 1.82) is 0 Å². The predicted octanol–water partition coefficient (Wildman–Crippen LogP) is 2.16. The lowest BCUT2D eigenvalue weighted by atomic mass is 10.00. The van der Waals surface area contributed by atoms with Gasteiger partial charge in [0, 0.05) is 12.6 Å². The molecule has 0 aliphatic heterocycles. The predicted molar refractivity (Wildman–Crippen MR) is 57.2 cm³/mol. The Morgan fingerprint density at radius 1 is 1.40 bits per heavy atom. The molecule has 76 valence electrons. The van der Waals surface area contributed by atoms with Crippen LogP contribution in [0.25, 0.3) is 5.65 Å². The molecule has 0 radical (unpaired) electrons. The monoisotopic (exact) mass is 200 g/mol. The van der Waals surface area contributed by atoms with Crippen LogP contribution in [0, 0.1) is 6.92 Å². The van der Waals surface area contributed by atoms with Gasteiger partial charge in [0.2, 0.25) is 0 Å². The number of Topliss-reactive ketones (excluding diaryl/α,β-unsaturated/α-hetero) is 1. The van der Waals surface area contributed by atoms with Gasteiger partial charge in [-0.25, -0.2) is 4.98 Å². The second-order valence-electron chi connectivity index (χ2n) is 4.12. The highest BCUT2D eigenvalue weighted by Gasteiger charge is 2.22. The van der Waals surface area contributed by atoms with E-state index in [-0.39, 0.29) is 5.78 Å². The van der Waals surface area contributed by atoms with Crippen LogP contribution in [0.15, 0.2) is 18.3 Å². The minimum Gasteiger partial charge on any atom is -0.297 e. The number of fused-ring (bicyclic) bond motifs is 3. The molecule has 0 saturated carbocycles. The van der Waals surface area contributed by atoms with Crippen molar-refractivity contribution in [3.05, 3.63) is 35.3 Å². The first kappa shape index (κ1) is 8.65. The average molecular weight is 200 g/mol. The third kappa shape index (κ3) is 1.19. The summed E-state index contributed by atoms with van der Waals surface area (Å²) < 4.78 is 1.92. The summed E-state index contributed by atoms with van der Waals surface area (Å²) in [6, 6.07) is 4.03. The van der Waals surface area contributed by atoms with Crippen molar-refractivity contribution < 1.29 is 4.79 Å². The van der Waals surface area contributed by atoms with Gasteiger partial charge >= 0.3 is 0 Å². The number of carbonyl (C=O) groups excluding carboxylic acids is 1. The molecule has 3 nitrogen and oxygen atoms in total. The summed E-state index contributed by atoms with van der Waals surface area (Å²) >= 11 is 0. The van der Waals surface area contributed by atoms with E-state index in [1.807, 2.05) is 29.7 Å². The molecule has 3 rings (SSSR count). The molecule has 0 bridgehead atoms. The van der Waals surface area contributed by atoms with E-state index in [1.54, 1.807) is 0 Å². The Bertz CT molecular complexity index is 554. The zero-order valence-corrected chi connectivity index (χ0v) is 8.66. The Labute approximate surface area is 87.7 Å². The maximum absolute atomic E-state index is 11.8. The standard InChI is InChI=1S/C12H12N2O/c1-8-5-6-14-11(7-8)13-9-3-2-4-10(15)12(9)14/h5-7H,2-4H2,1H3. The van der Waals surface area contributed by atoms with E-state index in [9.17, 15) is 4.79 Å². The van der Waals surface area contributed by atoms with Crippen LogP contribution in [-0.2, 0) is 6.42 Å². The minimum absolute atomic E-state index is 0.229. The molecule has 2 aromatic rings. The fourth-order valence-corrected chi connectivity index (χ4v) is 2.20. The van der Waals surface area contributed by atoms with E-state index < -0.39 is 0 Å². The minimum atomic E-state index is 0.229. The Balaban J connectivity index is 2.36. The van der Waals surface area contributed by atoms with Gasteiger partial charge < -0.3 is 0 Å². The Kier molecular flexibility index (Phi) is 1.69. The molecular formula is C12H12N2O. The second-order valence-corrected chi connectivity index (χ2v) is 4.12. The summed E-state index contributed by atoms with van der Waals surface area (Å²) in [5, 5.41) is 0. The molecule has 2 aromatic heterocycles. The molecule has 0 fully saturated rings. The molecule has 0 unspecified atom stereocenters. The van der Waals surface area contributed by atoms with Crippen LogP contribution in [0.5, 0.6) is 0 Å². The van der Waals surface area contributed by atoms with Gasteiger partial charge in [-0.2, -0.15) is 0 Å². The van der Waals surface area contributed by atoms with Gasteiger partial charge in [-0.05, 0) is 37.5 Å². The number of rotatable bonds is 0. The molecule has 2 heterocycles. The van der Waals surface area contributed by atoms with E-state index >= 15 is 0 Å². The number of aryl methyl sites for hydroxylation is 2. The van der Waals surface area contributed by atoms with Crippen molar-refractivity contribution in [3.63, 3.8) is 0 Å². The summed E-state index contributed by atoms with van der Waals surface area (Å²) in [5.41, 5.74) is 3.85. The molecule has 0 atom stereocenters. The summed E-state index contributed by atoms with van der Waals surface area (Å²) in [7, 11) is 0. The van der Waals surface area contributed by atoms with Gasteiger partial charge in [0.15, 0.2) is 5.78 Å². The quantitative estimate of drug-likeness (QED) is 0.653. The van der Waals surface area contributed by atoms with Crippen LogP contribution >= 0.6 is 0 Å². The van der Waals surface area contributed by atoms with Gasteiger partial charge in [-0.15, -0.1) is 0 Å². The first-order valence-electron chi connectivity index (χ1n) is 5.26. The van der Waals surface area contributed by atoms with Crippen LogP contribution < -0.4 is 0 Å². The van der Waals surface area contributed by atoms with E-state index in [0.29, 0.717) is 6.42 Å². The van der Waals surface area contributed by atoms with Crippen molar-refractivity contribution >= 4 is 11.4 Å². The zero-order valence-electron chi connectivity index (χ0n) is 8.66. The summed E-state index contributed by atoms with van der Waals surface area (Å²) in [4.78, 5) is 16.3. The largest absolute Gasteiger partial charge is 0.297 e. The normalized spacial score (nSPS) is 15.7. The third-order valence-electron chi connectivity index (χ3n) is 2.94. The van der Waals surface area contributed by atoms with Gasteiger partial charge in [0.1, 0.15) is 11.3 Å². The first-order valence-corrected chi connectivity index (χ1v) is 5.26. The number of imidazole rings is 1. The van der Waals surface area contributed by atoms with E-state index in [0.717, 1.165) is 29.9 Å². The number of ketones is 1. The second kappa shape index (κ2) is 2.92. The molecular weight excluding hydrogens is 188 g/mol. The molecule has 0 spiro atoms. The molecule has 1 aliphatic rings. The molecule has 0 amide bonds. The van der Waals surface area contributed by atoms with E-state index in [1.165, 1.54) is 5.56 Å². The van der Waals surface area contributed by atoms with Crippen LogP contribution in [-0.4, -0.2) is 15.2 Å². The van der Waals surface area contributed by atoms with Crippen molar-refractivity contribution in [1.82, 2.24) is 9.38 Å². The van der Waals surface area contributed by atoms with Gasteiger partial charge in [-0.1, -0.05) is 0 Å². The molecule has 15 heavy (non-hydrogen) atoms. The first-order chi connectivity index (χ1) is 7.25. The SMILES string of the molecule is Cc1ccn2c3c(nc2c1)CCCC3=O. The third-order valence-corrected chi connectivity index (χ3v) is 2.94. The van der Waals surface area contributed by atoms with Crippen LogP contribution in [0.4, 0.5) is 0 Å². The highest BCUT2D eigenvalue weighted by atomic mass is 16.1. The molecule has 3 heteroatoms. The molecule has 1 aliphatic carbocycles. The molecule has 0 N–H and O–H groups in total. The number of aromatic nitrogens is 2. The highest BCUT2D eigenvalue weighted by molar-refractivity contribution is 5.97. The molecule has 0 saturated heterocycles. The van der Waals surface area contributed by atoms with Crippen LogP contribution in [0.1, 0.15) is 34.6 Å². The lowest BCUT2D eigenvalue weighted by molar-refractivity contribution is 0.0966. The number of pyridine rings is 1. The lowest BCUT2D eigenvalue weighted by Crippen LogP contribution is -2.12. The maximum Gasteiger partial charge on any atom is 0.181 e. The van der Waals surface area contributed by atoms with Crippen molar-refractivity contribution in [2.24, 2.45) is 0 Å². The van der Waals surface area contributed by atoms with Crippen molar-refractivity contribution in [2.75, 3.05) is 0 Å². The Morgan fingerprint density at radius 2 is 2.27 bits per heavy atom. The van der Waals surface area contributed by atoms with Crippen molar-refractivity contribution in [3.8, 4) is 0 Å². The van der Waals surface area contributed by atoms with E-state index in [4.69, 9.17) is 0 Å². The fourth-order valence-electron chi connectivity index (χ4n) is 2.20. The number of carbonyl (C=O) groups is 1. The van der Waals surface area contributed by atoms with Gasteiger partial charge in [-0.3, -0.25) is 9.20 Å². The smallest absolute Gasteiger partial charge is 0.181 e. The summed E-state index contributed by atoms with van der Waals surface area (Å²) in [6.07, 6.45) is 4.48. The van der Waals surface area contributed by atoms with E-state index in [2.05, 4.69) is 4.98 Å². The zero-order chi connectivity index (χ0) is 10.4. The lowest BCUT2D eigenvalue weighted by Gasteiger charge is -2.08. The van der Waals surface area contributed by atoms with Gasteiger partial charge in [0.25, 0.3) is 0 Å². The highest BCUT2D eigenvalue weighted by Crippen LogP contribution is 2.22. The molecule has 0 aromatic carbocycles. The average Bonchev–Trinajstić information content (AvgIpc) is 2.56. The van der Waals surface area contributed by atoms with Crippen LogP contribution in [0.3, 0.4) is 0 Å². The summed E-state index contributed by atoms with van der Waals surface area (Å²) in [6.45, 7) is 2.04. The Morgan fingerprint density at radius 3 is 3.13 bits per heavy atom. The number of hydrogen-bond acceptors (Lipinski definition) is 2. The maximum atomic E-state index is 11.8. The number of nitrogens with zero attached hydrogens (tertiary/aromatic N) is 2. The fraction of sp³-hybridized carbons (Fsp3) is 0.333. The van der Waals surface area contributed by atoms with Crippen LogP contribution in [0.2, 0.25) is 0 Å². The Hall–Kier alpha value is -1.64. The van der Waals surface area contributed by atoms with Gasteiger partial charge in [0.05, 0.1) is 5.69 Å².